The van der Waals surface area contributed by atoms with Crippen LogP contribution in [0.3, 0.4) is 0 Å². The van der Waals surface area contributed by atoms with Crippen molar-refractivity contribution in [1.29, 1.82) is 0 Å². The summed E-state index contributed by atoms with van der Waals surface area (Å²) >= 11 is 0. The summed E-state index contributed by atoms with van der Waals surface area (Å²) in [4.78, 5) is 12.3. The Balaban J connectivity index is 1.94. The van der Waals surface area contributed by atoms with Crippen molar-refractivity contribution in [1.82, 2.24) is 0 Å². The fraction of sp³-hybridized carbons (Fsp3) is 0.933. The molecule has 18 heavy (non-hydrogen) atoms. The van der Waals surface area contributed by atoms with E-state index in [2.05, 4.69) is 20.8 Å². The van der Waals surface area contributed by atoms with E-state index in [9.17, 15) is 4.79 Å². The van der Waals surface area contributed by atoms with E-state index in [1.165, 1.54) is 19.3 Å². The van der Waals surface area contributed by atoms with Gasteiger partial charge in [-0.15, -0.1) is 0 Å². The highest BCUT2D eigenvalue weighted by Gasteiger charge is 2.67. The van der Waals surface area contributed by atoms with Crippen molar-refractivity contribution in [2.45, 2.75) is 71.2 Å². The van der Waals surface area contributed by atoms with E-state index in [4.69, 9.17) is 9.47 Å². The molecule has 0 radical (unpaired) electrons. The predicted molar refractivity (Wildman–Crippen MR) is 67.8 cm³/mol. The minimum absolute atomic E-state index is 0.00164. The molecule has 0 N–H and O–H groups in total. The quantitative estimate of drug-likeness (QED) is 0.621. The first-order chi connectivity index (χ1) is 8.29. The zero-order valence-electron chi connectivity index (χ0n) is 11.9. The van der Waals surface area contributed by atoms with E-state index in [0.29, 0.717) is 5.92 Å². The van der Waals surface area contributed by atoms with Gasteiger partial charge < -0.3 is 9.47 Å². The molecule has 3 rings (SSSR count). The molecule has 3 fully saturated rings. The summed E-state index contributed by atoms with van der Waals surface area (Å²) in [7, 11) is 0. The molecule has 0 amide bonds. The Morgan fingerprint density at radius 1 is 1.28 bits per heavy atom. The maximum atomic E-state index is 12.3. The van der Waals surface area contributed by atoms with Crippen LogP contribution in [0.2, 0.25) is 0 Å². The molecule has 1 heterocycles. The number of rotatable bonds is 0. The molecule has 4 atom stereocenters. The van der Waals surface area contributed by atoms with Gasteiger partial charge in [0.15, 0.2) is 0 Å². The minimum Gasteiger partial charge on any atom is -0.432 e. The maximum absolute atomic E-state index is 12.3. The van der Waals surface area contributed by atoms with E-state index >= 15 is 0 Å². The van der Waals surface area contributed by atoms with Gasteiger partial charge in [0.1, 0.15) is 0 Å². The SMILES string of the molecule is CC(C)(C)[C@]1(C)OC(=O)[C@@H]2C[C@@H]3CCCC[C@]32O1. The third-order valence-electron chi connectivity index (χ3n) is 5.50. The number of cyclic esters (lactones) is 1. The number of esters is 1. The normalized spacial score (nSPS) is 47.7. The monoisotopic (exact) mass is 252 g/mol. The lowest BCUT2D eigenvalue weighted by atomic mass is 9.54. The van der Waals surface area contributed by atoms with Crippen LogP contribution in [0.25, 0.3) is 0 Å². The Kier molecular flexibility index (Phi) is 2.42. The molecule has 102 valence electrons. The summed E-state index contributed by atoms with van der Waals surface area (Å²) in [6.07, 6.45) is 5.68. The molecule has 0 aromatic carbocycles. The van der Waals surface area contributed by atoms with Crippen LogP contribution in [0.4, 0.5) is 0 Å². The van der Waals surface area contributed by atoms with Gasteiger partial charge in [0.25, 0.3) is 0 Å². The molecular weight excluding hydrogens is 228 g/mol. The second-order valence-corrected chi connectivity index (χ2v) is 7.40. The highest BCUT2D eigenvalue weighted by Crippen LogP contribution is 2.61. The summed E-state index contributed by atoms with van der Waals surface area (Å²) in [6.45, 7) is 8.16. The highest BCUT2D eigenvalue weighted by atomic mass is 16.7. The molecule has 0 unspecified atom stereocenters. The molecule has 1 aliphatic heterocycles. The summed E-state index contributed by atoms with van der Waals surface area (Å²) in [5.74, 6) is -0.239. The number of hydrogen-bond acceptors (Lipinski definition) is 3. The molecule has 2 saturated carbocycles. The Morgan fingerprint density at radius 2 is 2.00 bits per heavy atom. The van der Waals surface area contributed by atoms with Crippen molar-refractivity contribution in [2.75, 3.05) is 0 Å². The average Bonchev–Trinajstić information content (AvgIpc) is 2.19. The van der Waals surface area contributed by atoms with Crippen LogP contribution >= 0.6 is 0 Å². The first-order valence-corrected chi connectivity index (χ1v) is 7.21. The molecule has 0 aromatic rings. The van der Waals surface area contributed by atoms with Crippen molar-refractivity contribution < 1.29 is 14.3 Å². The first kappa shape index (κ1) is 12.5. The van der Waals surface area contributed by atoms with Gasteiger partial charge in [0, 0.05) is 12.3 Å². The smallest absolute Gasteiger partial charge is 0.314 e. The van der Waals surface area contributed by atoms with Crippen molar-refractivity contribution in [3.8, 4) is 0 Å². The van der Waals surface area contributed by atoms with E-state index in [1.54, 1.807) is 0 Å². The molecule has 3 heteroatoms. The van der Waals surface area contributed by atoms with Crippen LogP contribution in [0.1, 0.15) is 59.8 Å². The minimum atomic E-state index is -0.781. The van der Waals surface area contributed by atoms with Crippen molar-refractivity contribution in [2.24, 2.45) is 17.3 Å². The topological polar surface area (TPSA) is 35.5 Å². The third kappa shape index (κ3) is 1.43. The van der Waals surface area contributed by atoms with E-state index in [1.807, 2.05) is 6.92 Å². The van der Waals surface area contributed by atoms with E-state index < -0.39 is 5.79 Å². The van der Waals surface area contributed by atoms with Gasteiger partial charge in [0.2, 0.25) is 5.79 Å². The second kappa shape index (κ2) is 3.50. The summed E-state index contributed by atoms with van der Waals surface area (Å²) in [5.41, 5.74) is -0.393. The van der Waals surface area contributed by atoms with Gasteiger partial charge in [-0.05, 0) is 25.2 Å². The van der Waals surface area contributed by atoms with Crippen LogP contribution in [-0.2, 0) is 14.3 Å². The fourth-order valence-electron chi connectivity index (χ4n) is 3.79. The molecule has 2 aliphatic carbocycles. The highest BCUT2D eigenvalue weighted by molar-refractivity contribution is 5.77. The summed E-state index contributed by atoms with van der Waals surface area (Å²) < 4.78 is 12.1. The number of hydrogen-bond donors (Lipinski definition) is 0. The Labute approximate surface area is 109 Å². The van der Waals surface area contributed by atoms with E-state index in [0.717, 1.165) is 12.8 Å². The average molecular weight is 252 g/mol. The standard InChI is InChI=1S/C15H24O3/c1-13(2,3)14(4)17-12(16)11-9-10-7-5-6-8-15(10,11)18-14/h10-11H,5-9H2,1-4H3/t10-,11-,14+,15-/m0/s1. The van der Waals surface area contributed by atoms with Gasteiger partial charge in [-0.2, -0.15) is 0 Å². The Hall–Kier alpha value is -0.570. The van der Waals surface area contributed by atoms with Crippen molar-refractivity contribution in [3.05, 3.63) is 0 Å². The lowest BCUT2D eigenvalue weighted by molar-refractivity contribution is -0.386. The second-order valence-electron chi connectivity index (χ2n) is 7.40. The molecule has 1 spiro atoms. The van der Waals surface area contributed by atoms with Gasteiger partial charge >= 0.3 is 5.97 Å². The Morgan fingerprint density at radius 3 is 2.61 bits per heavy atom. The van der Waals surface area contributed by atoms with Gasteiger partial charge in [0.05, 0.1) is 11.5 Å². The van der Waals surface area contributed by atoms with Crippen molar-refractivity contribution in [3.63, 3.8) is 0 Å². The van der Waals surface area contributed by atoms with Crippen LogP contribution in [0, 0.1) is 17.3 Å². The van der Waals surface area contributed by atoms with Crippen LogP contribution < -0.4 is 0 Å². The largest absolute Gasteiger partial charge is 0.432 e. The third-order valence-corrected chi connectivity index (χ3v) is 5.50. The number of carbonyl (C=O) groups excluding carboxylic acids is 1. The van der Waals surface area contributed by atoms with Crippen LogP contribution in [-0.4, -0.2) is 17.4 Å². The summed E-state index contributed by atoms with van der Waals surface area (Å²) in [5, 5.41) is 0. The number of carbonyl (C=O) groups is 1. The number of ether oxygens (including phenoxy) is 2. The predicted octanol–water partition coefficient (Wildman–Crippen LogP) is 3.27. The van der Waals surface area contributed by atoms with Gasteiger partial charge in [-0.25, -0.2) is 0 Å². The molecule has 3 nitrogen and oxygen atoms in total. The molecule has 3 aliphatic rings. The first-order valence-electron chi connectivity index (χ1n) is 7.21. The van der Waals surface area contributed by atoms with Gasteiger partial charge in [-0.1, -0.05) is 33.6 Å². The Bertz CT molecular complexity index is 384. The maximum Gasteiger partial charge on any atom is 0.314 e. The van der Waals surface area contributed by atoms with Crippen LogP contribution in [0.5, 0.6) is 0 Å². The summed E-state index contributed by atoms with van der Waals surface area (Å²) in [6, 6.07) is 0. The zero-order valence-corrected chi connectivity index (χ0v) is 11.9. The van der Waals surface area contributed by atoms with E-state index in [-0.39, 0.29) is 22.9 Å². The fourth-order valence-corrected chi connectivity index (χ4v) is 3.79. The molecular formula is C15H24O3. The zero-order chi connectivity index (χ0) is 13.2. The molecule has 0 bridgehead atoms. The van der Waals surface area contributed by atoms with Gasteiger partial charge in [-0.3, -0.25) is 4.79 Å². The van der Waals surface area contributed by atoms with Crippen molar-refractivity contribution >= 4 is 5.97 Å². The molecule has 0 aromatic heterocycles. The molecule has 1 saturated heterocycles. The lowest BCUT2D eigenvalue weighted by Crippen LogP contribution is -2.71. The lowest BCUT2D eigenvalue weighted by Gasteiger charge is -2.64. The van der Waals surface area contributed by atoms with Crippen LogP contribution in [0.15, 0.2) is 0 Å².